The van der Waals surface area contributed by atoms with Crippen molar-refractivity contribution in [2.75, 3.05) is 61.5 Å². The average molecular weight is 384 g/mol. The third-order valence-corrected chi connectivity index (χ3v) is 4.96. The molecule has 2 heterocycles. The van der Waals surface area contributed by atoms with Crippen LogP contribution in [0.1, 0.15) is 13.8 Å². The molecule has 1 aliphatic heterocycles. The smallest absolute Gasteiger partial charge is 0.321 e. The topological polar surface area (TPSA) is 73.8 Å². The van der Waals surface area contributed by atoms with Gasteiger partial charge in [-0.2, -0.15) is 0 Å². The summed E-state index contributed by atoms with van der Waals surface area (Å²) in [5, 5.41) is 11.7. The standard InChI is InChI=1S/C20H28N6O2/c1-4-24(5-2)18-10-11-19(23-22-18)25-12-14-26(15-13-25)20(27)21-16-6-8-17(28-3)9-7-16/h6-11H,4-5,12-15H2,1-3H3,(H,21,27). The minimum absolute atomic E-state index is 0.0900. The summed E-state index contributed by atoms with van der Waals surface area (Å²) in [5.41, 5.74) is 0.756. The van der Waals surface area contributed by atoms with Crippen LogP contribution >= 0.6 is 0 Å². The molecule has 1 fully saturated rings. The van der Waals surface area contributed by atoms with E-state index < -0.39 is 0 Å². The molecule has 2 aromatic rings. The van der Waals surface area contributed by atoms with E-state index in [0.29, 0.717) is 13.1 Å². The van der Waals surface area contributed by atoms with E-state index in [0.717, 1.165) is 49.3 Å². The molecular formula is C20H28N6O2. The van der Waals surface area contributed by atoms with Crippen LogP contribution < -0.4 is 19.9 Å². The third-order valence-electron chi connectivity index (χ3n) is 4.96. The molecule has 0 saturated carbocycles. The summed E-state index contributed by atoms with van der Waals surface area (Å²) >= 11 is 0. The van der Waals surface area contributed by atoms with Crippen LogP contribution in [0.2, 0.25) is 0 Å². The van der Waals surface area contributed by atoms with Crippen LogP contribution in [0.3, 0.4) is 0 Å². The average Bonchev–Trinajstić information content (AvgIpc) is 2.76. The Labute approximate surface area is 166 Å². The number of carbonyl (C=O) groups excluding carboxylic acids is 1. The quantitative estimate of drug-likeness (QED) is 0.825. The van der Waals surface area contributed by atoms with Gasteiger partial charge in [0.1, 0.15) is 5.75 Å². The fraction of sp³-hybridized carbons (Fsp3) is 0.450. The number of methoxy groups -OCH3 is 1. The number of amides is 2. The van der Waals surface area contributed by atoms with Crippen molar-refractivity contribution in [3.8, 4) is 5.75 Å². The largest absolute Gasteiger partial charge is 0.497 e. The molecule has 2 amide bonds. The SMILES string of the molecule is CCN(CC)c1ccc(N2CCN(C(=O)Nc3ccc(OC)cc3)CC2)nn1. The van der Waals surface area contributed by atoms with Crippen LogP contribution in [0.15, 0.2) is 36.4 Å². The molecule has 1 saturated heterocycles. The monoisotopic (exact) mass is 384 g/mol. The number of urea groups is 1. The summed E-state index contributed by atoms with van der Waals surface area (Å²) in [6, 6.07) is 11.3. The second-order valence-electron chi connectivity index (χ2n) is 6.55. The van der Waals surface area contributed by atoms with Crippen molar-refractivity contribution >= 4 is 23.4 Å². The number of ether oxygens (including phenoxy) is 1. The maximum Gasteiger partial charge on any atom is 0.321 e. The Bertz CT molecular complexity index is 753. The molecule has 150 valence electrons. The Morgan fingerprint density at radius 1 is 1.04 bits per heavy atom. The molecule has 0 aliphatic carbocycles. The van der Waals surface area contributed by atoms with Gasteiger partial charge in [-0.05, 0) is 50.2 Å². The van der Waals surface area contributed by atoms with Crippen molar-refractivity contribution in [3.63, 3.8) is 0 Å². The summed E-state index contributed by atoms with van der Waals surface area (Å²) in [7, 11) is 1.62. The highest BCUT2D eigenvalue weighted by molar-refractivity contribution is 5.89. The molecule has 0 spiro atoms. The van der Waals surface area contributed by atoms with E-state index in [2.05, 4.69) is 39.2 Å². The van der Waals surface area contributed by atoms with E-state index >= 15 is 0 Å². The van der Waals surface area contributed by atoms with Crippen LogP contribution in [0, 0.1) is 0 Å². The van der Waals surface area contributed by atoms with E-state index in [9.17, 15) is 4.79 Å². The molecular weight excluding hydrogens is 356 g/mol. The summed E-state index contributed by atoms with van der Waals surface area (Å²) in [5.74, 6) is 2.51. The molecule has 3 rings (SSSR count). The summed E-state index contributed by atoms with van der Waals surface area (Å²) in [4.78, 5) is 18.6. The molecule has 1 N–H and O–H groups in total. The number of benzene rings is 1. The van der Waals surface area contributed by atoms with E-state index in [1.54, 1.807) is 7.11 Å². The lowest BCUT2D eigenvalue weighted by Gasteiger charge is -2.35. The molecule has 8 nitrogen and oxygen atoms in total. The van der Waals surface area contributed by atoms with E-state index in [-0.39, 0.29) is 6.03 Å². The van der Waals surface area contributed by atoms with Gasteiger partial charge in [0.15, 0.2) is 11.6 Å². The van der Waals surface area contributed by atoms with Gasteiger partial charge in [-0.25, -0.2) is 4.79 Å². The second-order valence-corrected chi connectivity index (χ2v) is 6.55. The first-order valence-electron chi connectivity index (χ1n) is 9.68. The lowest BCUT2D eigenvalue weighted by Crippen LogP contribution is -2.50. The molecule has 0 radical (unpaired) electrons. The Morgan fingerprint density at radius 3 is 2.25 bits per heavy atom. The number of nitrogens with zero attached hydrogens (tertiary/aromatic N) is 5. The van der Waals surface area contributed by atoms with Gasteiger partial charge in [-0.3, -0.25) is 0 Å². The zero-order chi connectivity index (χ0) is 19.9. The highest BCUT2D eigenvalue weighted by Gasteiger charge is 2.22. The van der Waals surface area contributed by atoms with Crippen LogP contribution in [-0.2, 0) is 0 Å². The number of aromatic nitrogens is 2. The minimum Gasteiger partial charge on any atom is -0.497 e. The van der Waals surface area contributed by atoms with Gasteiger partial charge in [-0.1, -0.05) is 0 Å². The molecule has 1 aromatic carbocycles. The fourth-order valence-corrected chi connectivity index (χ4v) is 3.22. The molecule has 1 aromatic heterocycles. The van der Waals surface area contributed by atoms with Crippen molar-refractivity contribution in [2.45, 2.75) is 13.8 Å². The lowest BCUT2D eigenvalue weighted by atomic mass is 10.3. The summed E-state index contributed by atoms with van der Waals surface area (Å²) < 4.78 is 5.14. The number of anilines is 3. The summed E-state index contributed by atoms with van der Waals surface area (Å²) in [6.07, 6.45) is 0. The molecule has 0 atom stereocenters. The van der Waals surface area contributed by atoms with Gasteiger partial charge in [0.2, 0.25) is 0 Å². The number of rotatable bonds is 6. The minimum atomic E-state index is -0.0900. The van der Waals surface area contributed by atoms with Gasteiger partial charge in [0.05, 0.1) is 7.11 Å². The highest BCUT2D eigenvalue weighted by atomic mass is 16.5. The number of hydrogen-bond acceptors (Lipinski definition) is 6. The van der Waals surface area contributed by atoms with Crippen molar-refractivity contribution in [3.05, 3.63) is 36.4 Å². The van der Waals surface area contributed by atoms with Crippen LogP contribution in [0.25, 0.3) is 0 Å². The van der Waals surface area contributed by atoms with Gasteiger partial charge < -0.3 is 24.8 Å². The summed E-state index contributed by atoms with van der Waals surface area (Å²) in [6.45, 7) is 8.78. The van der Waals surface area contributed by atoms with Gasteiger partial charge in [0.25, 0.3) is 0 Å². The second kappa shape index (κ2) is 9.25. The predicted octanol–water partition coefficient (Wildman–Crippen LogP) is 2.69. The third kappa shape index (κ3) is 4.62. The zero-order valence-electron chi connectivity index (χ0n) is 16.8. The Morgan fingerprint density at radius 2 is 1.71 bits per heavy atom. The highest BCUT2D eigenvalue weighted by Crippen LogP contribution is 2.18. The Balaban J connectivity index is 1.52. The molecule has 8 heteroatoms. The lowest BCUT2D eigenvalue weighted by molar-refractivity contribution is 0.208. The van der Waals surface area contributed by atoms with Gasteiger partial charge >= 0.3 is 6.03 Å². The first-order chi connectivity index (χ1) is 13.6. The number of nitrogens with one attached hydrogen (secondary N) is 1. The predicted molar refractivity (Wildman–Crippen MR) is 111 cm³/mol. The first-order valence-corrected chi connectivity index (χ1v) is 9.68. The van der Waals surface area contributed by atoms with Gasteiger partial charge in [-0.15, -0.1) is 10.2 Å². The van der Waals surface area contributed by atoms with Crippen molar-refractivity contribution in [2.24, 2.45) is 0 Å². The van der Waals surface area contributed by atoms with Crippen molar-refractivity contribution in [1.82, 2.24) is 15.1 Å². The van der Waals surface area contributed by atoms with Crippen molar-refractivity contribution < 1.29 is 9.53 Å². The van der Waals surface area contributed by atoms with E-state index in [1.165, 1.54) is 0 Å². The molecule has 0 unspecified atom stereocenters. The fourth-order valence-electron chi connectivity index (χ4n) is 3.22. The Hall–Kier alpha value is -3.03. The molecule has 0 bridgehead atoms. The van der Waals surface area contributed by atoms with E-state index in [4.69, 9.17) is 4.74 Å². The van der Waals surface area contributed by atoms with Crippen LogP contribution in [0.5, 0.6) is 5.75 Å². The Kier molecular flexibility index (Phi) is 6.52. The van der Waals surface area contributed by atoms with Crippen molar-refractivity contribution in [1.29, 1.82) is 0 Å². The molecule has 1 aliphatic rings. The number of piperazine rings is 1. The van der Waals surface area contributed by atoms with E-state index in [1.807, 2.05) is 41.3 Å². The van der Waals surface area contributed by atoms with Crippen LogP contribution in [-0.4, -0.2) is 67.5 Å². The molecule has 28 heavy (non-hydrogen) atoms. The normalized spacial score (nSPS) is 14.0. The van der Waals surface area contributed by atoms with Crippen LogP contribution in [0.4, 0.5) is 22.1 Å². The number of carbonyl (C=O) groups is 1. The zero-order valence-corrected chi connectivity index (χ0v) is 16.8. The van der Waals surface area contributed by atoms with Gasteiger partial charge in [0, 0.05) is 45.0 Å². The first kappa shape index (κ1) is 19.7. The number of hydrogen-bond donors (Lipinski definition) is 1. The maximum atomic E-state index is 12.5. The maximum absolute atomic E-state index is 12.5.